The standard InChI is InChI=1S/C19H25N5O3S/c25-19(23-8-6-17(7-9-23)24-15-20-14-21-24)18(16-4-2-1-3-5-16)22-10-12-28(26,27)13-11-22/h1-5,14-15,17-18H,6-13H2. The second kappa shape index (κ2) is 8.00. The van der Waals surface area contributed by atoms with Gasteiger partial charge in [0.2, 0.25) is 5.91 Å². The Morgan fingerprint density at radius 1 is 1.04 bits per heavy atom. The van der Waals surface area contributed by atoms with Gasteiger partial charge in [-0.1, -0.05) is 30.3 Å². The number of nitrogens with zero attached hydrogens (tertiary/aromatic N) is 5. The number of rotatable bonds is 4. The SMILES string of the molecule is O=C(C(c1ccccc1)N1CCS(=O)(=O)CC1)N1CCC(n2cncn2)CC1. The van der Waals surface area contributed by atoms with E-state index in [0.717, 1.165) is 18.4 Å². The summed E-state index contributed by atoms with van der Waals surface area (Å²) in [7, 11) is -3.00. The van der Waals surface area contributed by atoms with Gasteiger partial charge in [-0.25, -0.2) is 18.1 Å². The number of carbonyl (C=O) groups excluding carboxylic acids is 1. The van der Waals surface area contributed by atoms with Crippen molar-refractivity contribution in [3.05, 3.63) is 48.5 Å². The summed E-state index contributed by atoms with van der Waals surface area (Å²) >= 11 is 0. The second-order valence-corrected chi connectivity index (χ2v) is 9.74. The molecule has 0 radical (unpaired) electrons. The Hall–Kier alpha value is -2.26. The van der Waals surface area contributed by atoms with Crippen molar-refractivity contribution < 1.29 is 13.2 Å². The Bertz CT molecular complexity index is 879. The smallest absolute Gasteiger partial charge is 0.244 e. The summed E-state index contributed by atoms with van der Waals surface area (Å²) in [5.74, 6) is 0.276. The predicted molar refractivity (Wildman–Crippen MR) is 104 cm³/mol. The zero-order valence-electron chi connectivity index (χ0n) is 15.7. The molecule has 1 aromatic heterocycles. The van der Waals surface area contributed by atoms with Crippen LogP contribution in [0.1, 0.15) is 30.5 Å². The molecule has 8 nitrogen and oxygen atoms in total. The van der Waals surface area contributed by atoms with Gasteiger partial charge < -0.3 is 4.90 Å². The molecule has 1 aromatic carbocycles. The molecule has 9 heteroatoms. The topological polar surface area (TPSA) is 88.4 Å². The Morgan fingerprint density at radius 3 is 2.32 bits per heavy atom. The van der Waals surface area contributed by atoms with Crippen LogP contribution in [0, 0.1) is 0 Å². The quantitative estimate of drug-likeness (QED) is 0.754. The van der Waals surface area contributed by atoms with Crippen LogP contribution in [0.2, 0.25) is 0 Å². The van der Waals surface area contributed by atoms with Crippen LogP contribution in [-0.2, 0) is 14.6 Å². The van der Waals surface area contributed by atoms with Gasteiger partial charge in [0, 0.05) is 26.2 Å². The third kappa shape index (κ3) is 4.10. The van der Waals surface area contributed by atoms with E-state index >= 15 is 0 Å². The molecule has 2 aliphatic heterocycles. The molecule has 0 bridgehead atoms. The summed E-state index contributed by atoms with van der Waals surface area (Å²) in [6.45, 7) is 2.11. The first-order valence-electron chi connectivity index (χ1n) is 9.66. The highest BCUT2D eigenvalue weighted by molar-refractivity contribution is 7.91. The summed E-state index contributed by atoms with van der Waals surface area (Å²) in [5.41, 5.74) is 0.921. The second-order valence-electron chi connectivity index (χ2n) is 7.43. The van der Waals surface area contributed by atoms with E-state index in [2.05, 4.69) is 10.1 Å². The van der Waals surface area contributed by atoms with E-state index in [1.54, 1.807) is 6.33 Å². The fourth-order valence-electron chi connectivity index (χ4n) is 4.06. The maximum Gasteiger partial charge on any atom is 0.244 e. The average Bonchev–Trinajstić information content (AvgIpc) is 3.25. The largest absolute Gasteiger partial charge is 0.341 e. The van der Waals surface area contributed by atoms with Crippen molar-refractivity contribution in [2.24, 2.45) is 0 Å². The molecule has 4 rings (SSSR count). The number of hydrogen-bond donors (Lipinski definition) is 0. The molecule has 2 saturated heterocycles. The van der Waals surface area contributed by atoms with Crippen molar-refractivity contribution in [1.29, 1.82) is 0 Å². The first-order chi connectivity index (χ1) is 13.5. The van der Waals surface area contributed by atoms with Gasteiger partial charge >= 0.3 is 0 Å². The van der Waals surface area contributed by atoms with Crippen molar-refractivity contribution >= 4 is 15.7 Å². The van der Waals surface area contributed by atoms with Crippen LogP contribution in [0.15, 0.2) is 43.0 Å². The predicted octanol–water partition coefficient (Wildman–Crippen LogP) is 0.913. The summed E-state index contributed by atoms with van der Waals surface area (Å²) in [6.07, 6.45) is 4.94. The van der Waals surface area contributed by atoms with Crippen LogP contribution in [0.5, 0.6) is 0 Å². The molecule has 28 heavy (non-hydrogen) atoms. The lowest BCUT2D eigenvalue weighted by Crippen LogP contribution is -2.50. The van der Waals surface area contributed by atoms with E-state index in [1.165, 1.54) is 6.33 Å². The molecule has 2 fully saturated rings. The number of aromatic nitrogens is 3. The van der Waals surface area contributed by atoms with Gasteiger partial charge in [-0.3, -0.25) is 9.69 Å². The van der Waals surface area contributed by atoms with E-state index in [0.29, 0.717) is 26.2 Å². The molecular weight excluding hydrogens is 378 g/mol. The van der Waals surface area contributed by atoms with Crippen molar-refractivity contribution in [2.75, 3.05) is 37.7 Å². The highest BCUT2D eigenvalue weighted by atomic mass is 32.2. The average molecular weight is 404 g/mol. The van der Waals surface area contributed by atoms with Gasteiger partial charge in [0.05, 0.1) is 17.5 Å². The Labute approximate surface area is 165 Å². The normalized spacial score (nSPS) is 22.1. The monoisotopic (exact) mass is 403 g/mol. The highest BCUT2D eigenvalue weighted by Gasteiger charge is 2.36. The number of carbonyl (C=O) groups is 1. The third-order valence-corrected chi connectivity index (χ3v) is 7.29. The molecule has 0 N–H and O–H groups in total. The van der Waals surface area contributed by atoms with Crippen molar-refractivity contribution in [2.45, 2.75) is 24.9 Å². The van der Waals surface area contributed by atoms with E-state index in [-0.39, 0.29) is 23.5 Å². The Morgan fingerprint density at radius 2 is 1.71 bits per heavy atom. The number of piperidine rings is 1. The van der Waals surface area contributed by atoms with Gasteiger partial charge in [0.25, 0.3) is 0 Å². The van der Waals surface area contributed by atoms with Crippen LogP contribution in [-0.4, -0.2) is 76.6 Å². The highest BCUT2D eigenvalue weighted by Crippen LogP contribution is 2.28. The molecule has 150 valence electrons. The minimum absolute atomic E-state index is 0.0579. The van der Waals surface area contributed by atoms with E-state index in [1.807, 2.05) is 44.8 Å². The molecule has 1 amide bonds. The number of amides is 1. The van der Waals surface area contributed by atoms with E-state index < -0.39 is 15.9 Å². The molecule has 1 unspecified atom stereocenters. The van der Waals surface area contributed by atoms with Crippen LogP contribution in [0.4, 0.5) is 0 Å². The van der Waals surface area contributed by atoms with Crippen LogP contribution in [0.3, 0.4) is 0 Å². The Kier molecular flexibility index (Phi) is 5.45. The fraction of sp³-hybridized carbons (Fsp3) is 0.526. The maximum atomic E-state index is 13.5. The van der Waals surface area contributed by atoms with Gasteiger partial charge in [-0.05, 0) is 18.4 Å². The molecule has 0 saturated carbocycles. The maximum absolute atomic E-state index is 13.5. The van der Waals surface area contributed by atoms with Gasteiger partial charge in [0.1, 0.15) is 18.7 Å². The number of benzene rings is 1. The third-order valence-electron chi connectivity index (χ3n) is 5.68. The van der Waals surface area contributed by atoms with Crippen LogP contribution < -0.4 is 0 Å². The lowest BCUT2D eigenvalue weighted by atomic mass is 10.00. The minimum Gasteiger partial charge on any atom is -0.341 e. The van der Waals surface area contributed by atoms with Crippen LogP contribution >= 0.6 is 0 Å². The van der Waals surface area contributed by atoms with Gasteiger partial charge in [0.15, 0.2) is 9.84 Å². The first-order valence-corrected chi connectivity index (χ1v) is 11.5. The molecule has 0 aliphatic carbocycles. The molecule has 1 atom stereocenters. The summed E-state index contributed by atoms with van der Waals surface area (Å²) < 4.78 is 25.5. The minimum atomic E-state index is -3.00. The first kappa shape index (κ1) is 19.1. The summed E-state index contributed by atoms with van der Waals surface area (Å²) in [6, 6.07) is 9.51. The fourth-order valence-corrected chi connectivity index (χ4v) is 5.29. The number of likely N-dealkylation sites (tertiary alicyclic amines) is 1. The van der Waals surface area contributed by atoms with Crippen molar-refractivity contribution in [1.82, 2.24) is 24.6 Å². The summed E-state index contributed by atoms with van der Waals surface area (Å²) in [5, 5.41) is 4.22. The zero-order valence-corrected chi connectivity index (χ0v) is 16.5. The number of hydrogen-bond acceptors (Lipinski definition) is 6. The number of sulfone groups is 1. The lowest BCUT2D eigenvalue weighted by molar-refractivity contribution is -0.138. The molecule has 2 aliphatic rings. The van der Waals surface area contributed by atoms with E-state index in [4.69, 9.17) is 0 Å². The van der Waals surface area contributed by atoms with Crippen LogP contribution in [0.25, 0.3) is 0 Å². The Balaban J connectivity index is 1.49. The van der Waals surface area contributed by atoms with Crippen molar-refractivity contribution in [3.8, 4) is 0 Å². The molecular formula is C19H25N5O3S. The molecule has 3 heterocycles. The zero-order chi connectivity index (χ0) is 19.6. The van der Waals surface area contributed by atoms with E-state index in [9.17, 15) is 13.2 Å². The molecule has 0 spiro atoms. The summed E-state index contributed by atoms with van der Waals surface area (Å²) in [4.78, 5) is 21.4. The lowest BCUT2D eigenvalue weighted by Gasteiger charge is -2.39. The molecule has 2 aromatic rings. The van der Waals surface area contributed by atoms with Gasteiger partial charge in [-0.15, -0.1) is 0 Å². The van der Waals surface area contributed by atoms with Crippen molar-refractivity contribution in [3.63, 3.8) is 0 Å². The van der Waals surface area contributed by atoms with Gasteiger partial charge in [-0.2, -0.15) is 5.10 Å².